The second-order valence-corrected chi connectivity index (χ2v) is 21.5. The van der Waals surface area contributed by atoms with E-state index in [1.54, 1.807) is 30.6 Å². The van der Waals surface area contributed by atoms with E-state index in [0.717, 1.165) is 93.0 Å². The fourth-order valence-electron chi connectivity index (χ4n) is 7.72. The van der Waals surface area contributed by atoms with Crippen molar-refractivity contribution in [3.05, 3.63) is 108 Å². The van der Waals surface area contributed by atoms with E-state index in [0.29, 0.717) is 4.90 Å². The number of hydrogen-bond acceptors (Lipinski definition) is 6. The first kappa shape index (κ1) is 42.2. The summed E-state index contributed by atoms with van der Waals surface area (Å²) in [6.07, 6.45) is 15.2. The highest BCUT2D eigenvalue weighted by Crippen LogP contribution is 2.49. The molecule has 0 saturated heterocycles. The van der Waals surface area contributed by atoms with E-state index >= 15 is 0 Å². The third kappa shape index (κ3) is 9.55. The molecule has 1 aromatic heterocycles. The Morgan fingerprint density at radius 2 is 1.42 bits per heavy atom. The number of anilines is 1. The van der Waals surface area contributed by atoms with Gasteiger partial charge in [0.25, 0.3) is 10.1 Å². The van der Waals surface area contributed by atoms with Crippen molar-refractivity contribution in [3.63, 3.8) is 0 Å². The molecule has 1 N–H and O–H groups in total. The predicted octanol–water partition coefficient (Wildman–Crippen LogP) is 6.62. The van der Waals surface area contributed by atoms with E-state index in [2.05, 4.69) is 109 Å². The zero-order chi connectivity index (χ0) is 40.8. The van der Waals surface area contributed by atoms with Gasteiger partial charge in [-0.15, -0.1) is 0 Å². The van der Waals surface area contributed by atoms with E-state index < -0.39 is 30.8 Å². The minimum atomic E-state index is -4.38. The predicted molar refractivity (Wildman–Crippen MR) is 223 cm³/mol. The van der Waals surface area contributed by atoms with Gasteiger partial charge < -0.3 is 13.9 Å². The van der Waals surface area contributed by atoms with Gasteiger partial charge in [0.1, 0.15) is 0 Å². The molecule has 0 amide bonds. The van der Waals surface area contributed by atoms with Crippen LogP contribution in [-0.4, -0.2) is 120 Å². The smallest absolute Gasteiger partial charge is 0.294 e. The number of pyridine rings is 1. The second kappa shape index (κ2) is 15.2. The van der Waals surface area contributed by atoms with Gasteiger partial charge in [0, 0.05) is 66.1 Å². The van der Waals surface area contributed by atoms with Crippen molar-refractivity contribution in [2.75, 3.05) is 79.6 Å². The van der Waals surface area contributed by atoms with E-state index in [1.807, 2.05) is 24.3 Å². The number of quaternary nitrogens is 2. The summed E-state index contributed by atoms with van der Waals surface area (Å²) in [7, 11) is 5.30. The molecule has 0 saturated carbocycles. The van der Waals surface area contributed by atoms with Crippen LogP contribution in [0, 0.1) is 0 Å². The zero-order valence-electron chi connectivity index (χ0n) is 34.5. The van der Waals surface area contributed by atoms with Crippen LogP contribution >= 0.6 is 0 Å². The van der Waals surface area contributed by atoms with Crippen LogP contribution in [0.1, 0.15) is 57.2 Å². The third-order valence-corrected chi connectivity index (χ3v) is 12.7. The molecule has 2 aliphatic rings. The molecule has 3 heterocycles. The van der Waals surface area contributed by atoms with Gasteiger partial charge in [-0.2, -0.15) is 13.0 Å². The lowest BCUT2D eigenvalue weighted by molar-refractivity contribution is -0.871. The van der Waals surface area contributed by atoms with Crippen LogP contribution in [0.5, 0.6) is 0 Å². The van der Waals surface area contributed by atoms with E-state index in [9.17, 15) is 21.4 Å². The summed E-state index contributed by atoms with van der Waals surface area (Å²) in [6.45, 7) is 11.9. The summed E-state index contributed by atoms with van der Waals surface area (Å²) in [5.41, 5.74) is 6.76. The lowest BCUT2D eigenvalue weighted by Gasteiger charge is -2.29. The number of nitrogens with zero attached hydrogens (tertiary/aromatic N) is 5. The van der Waals surface area contributed by atoms with E-state index in [1.165, 1.54) is 12.3 Å². The maximum absolute atomic E-state index is 12.6. The largest absolute Gasteiger partial charge is 0.344 e. The van der Waals surface area contributed by atoms with Crippen LogP contribution in [0.2, 0.25) is 0 Å². The van der Waals surface area contributed by atoms with Crippen molar-refractivity contribution in [3.8, 4) is 0 Å². The van der Waals surface area contributed by atoms with Gasteiger partial charge in [-0.3, -0.25) is 9.54 Å². The number of benzene rings is 2. The highest BCUT2D eigenvalue weighted by molar-refractivity contribution is 7.90. The van der Waals surface area contributed by atoms with Crippen LogP contribution in [0.15, 0.2) is 101 Å². The SMILES string of the molecule is CC1(C)C(=CC=C(C=CC2=[N+](CCC[N+](C)(C)C)c3ccc(S(C)(=O)=O)cc3C2(C)C)c2ccncc2)N(CCC[N+](C)(C)C)c2ccc(S(=O)(=O)O)cc21. The molecule has 10 nitrogen and oxygen atoms in total. The number of allylic oxidation sites excluding steroid dienone is 6. The Kier molecular flexibility index (Phi) is 11.7. The Bertz CT molecular complexity index is 2290. The van der Waals surface area contributed by atoms with Gasteiger partial charge >= 0.3 is 0 Å². The van der Waals surface area contributed by atoms with Gasteiger partial charge in [0.15, 0.2) is 22.1 Å². The van der Waals surface area contributed by atoms with Crippen molar-refractivity contribution in [1.29, 1.82) is 0 Å². The summed E-state index contributed by atoms with van der Waals surface area (Å²) >= 11 is 0. The van der Waals surface area contributed by atoms with Crippen LogP contribution in [0.25, 0.3) is 5.57 Å². The Hall–Kier alpha value is -3.94. The van der Waals surface area contributed by atoms with Crippen molar-refractivity contribution in [2.24, 2.45) is 0 Å². The van der Waals surface area contributed by atoms with Crippen LogP contribution in [0.4, 0.5) is 11.4 Å². The highest BCUT2D eigenvalue weighted by Gasteiger charge is 2.45. The molecule has 0 spiro atoms. The van der Waals surface area contributed by atoms with Gasteiger partial charge in [-0.05, 0) is 85.2 Å². The molecule has 0 radical (unpaired) electrons. The molecule has 5 rings (SSSR count). The third-order valence-electron chi connectivity index (χ3n) is 10.7. The average Bonchev–Trinajstić information content (AvgIpc) is 3.41. The Labute approximate surface area is 329 Å². The quantitative estimate of drug-likeness (QED) is 0.0847. The van der Waals surface area contributed by atoms with Gasteiger partial charge in [-0.25, -0.2) is 8.42 Å². The van der Waals surface area contributed by atoms with Gasteiger partial charge in [0.2, 0.25) is 5.69 Å². The summed E-state index contributed by atoms with van der Waals surface area (Å²) in [4.78, 5) is 6.76. The molecule has 0 bridgehead atoms. The average molecular weight is 791 g/mol. The second-order valence-electron chi connectivity index (χ2n) is 18.0. The number of fused-ring (bicyclic) bond motifs is 2. The Morgan fingerprint density at radius 1 is 0.818 bits per heavy atom. The summed E-state index contributed by atoms with van der Waals surface area (Å²) in [6, 6.07) is 14.3. The van der Waals surface area contributed by atoms with Crippen molar-refractivity contribution in [2.45, 2.75) is 61.2 Å². The van der Waals surface area contributed by atoms with Gasteiger partial charge in [-0.1, -0.05) is 19.9 Å². The normalized spacial score (nSPS) is 18.1. The lowest BCUT2D eigenvalue weighted by Crippen LogP contribution is -2.37. The Balaban J connectivity index is 1.65. The molecule has 0 unspecified atom stereocenters. The summed E-state index contributed by atoms with van der Waals surface area (Å²) < 4.78 is 63.7. The van der Waals surface area contributed by atoms with Gasteiger partial charge in [0.05, 0.1) is 77.0 Å². The van der Waals surface area contributed by atoms with Crippen molar-refractivity contribution >= 4 is 42.6 Å². The highest BCUT2D eigenvalue weighted by atomic mass is 32.2. The first-order valence-electron chi connectivity index (χ1n) is 18.8. The first-order valence-corrected chi connectivity index (χ1v) is 22.1. The minimum absolute atomic E-state index is 0.116. The molecular weight excluding hydrogens is 731 g/mol. The maximum Gasteiger partial charge on any atom is 0.294 e. The van der Waals surface area contributed by atoms with E-state index in [4.69, 9.17) is 0 Å². The van der Waals surface area contributed by atoms with Crippen LogP contribution in [0.3, 0.4) is 0 Å². The Morgan fingerprint density at radius 3 is 2.02 bits per heavy atom. The maximum atomic E-state index is 12.6. The fourth-order valence-corrected chi connectivity index (χ4v) is 8.87. The molecule has 0 aliphatic carbocycles. The molecule has 55 heavy (non-hydrogen) atoms. The molecule has 0 atom stereocenters. The fraction of sp³-hybridized carbons (Fsp3) is 0.442. The first-order chi connectivity index (χ1) is 25.3. The molecule has 296 valence electrons. The van der Waals surface area contributed by atoms with Crippen molar-refractivity contribution < 1.29 is 34.9 Å². The topological polar surface area (TPSA) is 108 Å². The number of sulfone groups is 1. The minimum Gasteiger partial charge on any atom is -0.344 e. The number of rotatable bonds is 14. The monoisotopic (exact) mass is 790 g/mol. The molecule has 0 fully saturated rings. The lowest BCUT2D eigenvalue weighted by atomic mass is 9.81. The number of hydrogen-bond donors (Lipinski definition) is 1. The zero-order valence-corrected chi connectivity index (χ0v) is 36.1. The molecule has 12 heteroatoms. The van der Waals surface area contributed by atoms with Crippen LogP contribution in [-0.2, 0) is 30.8 Å². The summed E-state index contributed by atoms with van der Waals surface area (Å²) in [5.74, 6) is 0. The molecule has 2 aromatic carbocycles. The number of aromatic nitrogens is 1. The van der Waals surface area contributed by atoms with Crippen molar-refractivity contribution in [1.82, 2.24) is 4.98 Å². The summed E-state index contributed by atoms with van der Waals surface area (Å²) in [5, 5.41) is 0. The standard InChI is InChI=1S/C43H59N5O5S2/c1-42(2)36-30-34(54(11,49)50)16-18-38(36)45(26-12-28-47(5,6)7)40(42)20-14-32(33-22-24-44-25-23-33)15-21-41-43(3,4)37-31-35(55(51,52)53)17-19-39(37)46(41)27-13-29-48(8,9)10/h14-25,30-31H,12-13,26-29H2,1-11H3/q+2/p+1. The van der Waals surface area contributed by atoms with Crippen LogP contribution < -0.4 is 4.90 Å². The molecule has 3 aromatic rings. The molecule has 2 aliphatic heterocycles. The van der Waals surface area contributed by atoms with E-state index in [-0.39, 0.29) is 4.90 Å². The molecular formula is C43H60N5O5S2+3.